The molecule has 0 fully saturated rings. The van der Waals surface area contributed by atoms with Crippen LogP contribution in [-0.2, 0) is 4.79 Å². The van der Waals surface area contributed by atoms with Crippen LogP contribution in [0.1, 0.15) is 16.8 Å². The summed E-state index contributed by atoms with van der Waals surface area (Å²) in [7, 11) is 0. The molecule has 0 bridgehead atoms. The normalized spacial score (nSPS) is 10.3. The quantitative estimate of drug-likeness (QED) is 0.338. The second-order valence-corrected chi connectivity index (χ2v) is 2.82. The predicted molar refractivity (Wildman–Crippen MR) is 55.0 cm³/mol. The SMILES string of the molecule is Nc1cccc(C(=O)CC=CC=O)c1. The molecule has 72 valence electrons. The minimum atomic E-state index is -0.0459. The Hall–Kier alpha value is -1.90. The summed E-state index contributed by atoms with van der Waals surface area (Å²) in [6, 6.07) is 6.77. The van der Waals surface area contributed by atoms with Gasteiger partial charge in [-0.3, -0.25) is 9.59 Å². The lowest BCUT2D eigenvalue weighted by Crippen LogP contribution is -1.98. The van der Waals surface area contributed by atoms with Crippen LogP contribution in [0.25, 0.3) is 0 Å². The molecule has 0 amide bonds. The van der Waals surface area contributed by atoms with Crippen LogP contribution in [-0.4, -0.2) is 12.1 Å². The fourth-order valence-electron chi connectivity index (χ4n) is 1.06. The van der Waals surface area contributed by atoms with E-state index in [1.165, 1.54) is 12.2 Å². The van der Waals surface area contributed by atoms with E-state index >= 15 is 0 Å². The molecule has 0 saturated carbocycles. The fraction of sp³-hybridized carbons (Fsp3) is 0.0909. The van der Waals surface area contributed by atoms with Crippen molar-refractivity contribution in [2.24, 2.45) is 0 Å². The lowest BCUT2D eigenvalue weighted by atomic mass is 10.1. The van der Waals surface area contributed by atoms with Crippen LogP contribution in [0.15, 0.2) is 36.4 Å². The molecule has 3 heteroatoms. The van der Waals surface area contributed by atoms with Crippen LogP contribution >= 0.6 is 0 Å². The number of benzene rings is 1. The lowest BCUT2D eigenvalue weighted by molar-refractivity contribution is -0.104. The molecule has 0 unspecified atom stereocenters. The molecule has 14 heavy (non-hydrogen) atoms. The number of Topliss-reactive ketones (excluding diaryl/α,β-unsaturated/α-hetero) is 1. The summed E-state index contributed by atoms with van der Waals surface area (Å²) in [5, 5.41) is 0. The third kappa shape index (κ3) is 2.86. The van der Waals surface area contributed by atoms with Gasteiger partial charge in [0.05, 0.1) is 0 Å². The first kappa shape index (κ1) is 10.2. The molecule has 0 aliphatic heterocycles. The van der Waals surface area contributed by atoms with E-state index in [9.17, 15) is 9.59 Å². The van der Waals surface area contributed by atoms with E-state index in [1.807, 2.05) is 0 Å². The van der Waals surface area contributed by atoms with E-state index in [0.29, 0.717) is 17.5 Å². The van der Waals surface area contributed by atoms with Crippen LogP contribution in [0.3, 0.4) is 0 Å². The zero-order valence-corrected chi connectivity index (χ0v) is 7.64. The first-order valence-corrected chi connectivity index (χ1v) is 4.23. The van der Waals surface area contributed by atoms with Gasteiger partial charge in [-0.1, -0.05) is 18.2 Å². The first-order valence-electron chi connectivity index (χ1n) is 4.23. The molecule has 2 N–H and O–H groups in total. The van der Waals surface area contributed by atoms with Crippen molar-refractivity contribution >= 4 is 17.8 Å². The third-order valence-corrected chi connectivity index (χ3v) is 1.73. The molecule has 3 nitrogen and oxygen atoms in total. The molecular formula is C11H11NO2. The van der Waals surface area contributed by atoms with Gasteiger partial charge in [-0.05, 0) is 18.2 Å². The number of ketones is 1. The molecular weight excluding hydrogens is 178 g/mol. The summed E-state index contributed by atoms with van der Waals surface area (Å²) in [5.41, 5.74) is 6.66. The van der Waals surface area contributed by atoms with Crippen molar-refractivity contribution in [2.75, 3.05) is 5.73 Å². The molecule has 0 heterocycles. The number of nitrogens with two attached hydrogens (primary N) is 1. The Balaban J connectivity index is 2.69. The molecule has 0 atom stereocenters. The largest absolute Gasteiger partial charge is 0.399 e. The number of carbonyl (C=O) groups is 2. The number of hydrogen-bond acceptors (Lipinski definition) is 3. The second kappa shape index (κ2) is 4.97. The Bertz CT molecular complexity index is 369. The monoisotopic (exact) mass is 189 g/mol. The van der Waals surface area contributed by atoms with Gasteiger partial charge in [-0.2, -0.15) is 0 Å². The summed E-state index contributed by atoms with van der Waals surface area (Å²) in [5.74, 6) is -0.0459. The van der Waals surface area contributed by atoms with Gasteiger partial charge in [0.2, 0.25) is 0 Å². The summed E-state index contributed by atoms with van der Waals surface area (Å²) in [6.45, 7) is 0. The molecule has 0 aromatic heterocycles. The van der Waals surface area contributed by atoms with Gasteiger partial charge in [0, 0.05) is 17.7 Å². The lowest BCUT2D eigenvalue weighted by Gasteiger charge is -1.98. The van der Waals surface area contributed by atoms with Crippen LogP contribution in [0.4, 0.5) is 5.69 Å². The number of rotatable bonds is 4. The van der Waals surface area contributed by atoms with Crippen molar-refractivity contribution in [3.63, 3.8) is 0 Å². The maximum atomic E-state index is 11.4. The highest BCUT2D eigenvalue weighted by atomic mass is 16.1. The first-order chi connectivity index (χ1) is 6.74. The van der Waals surface area contributed by atoms with Crippen LogP contribution < -0.4 is 5.73 Å². The van der Waals surface area contributed by atoms with Crippen molar-refractivity contribution in [1.82, 2.24) is 0 Å². The number of anilines is 1. The van der Waals surface area contributed by atoms with Gasteiger partial charge >= 0.3 is 0 Å². The van der Waals surface area contributed by atoms with Gasteiger partial charge in [0.25, 0.3) is 0 Å². The number of aldehydes is 1. The zero-order valence-electron chi connectivity index (χ0n) is 7.64. The van der Waals surface area contributed by atoms with E-state index in [-0.39, 0.29) is 12.2 Å². The highest BCUT2D eigenvalue weighted by Gasteiger charge is 2.02. The van der Waals surface area contributed by atoms with Crippen molar-refractivity contribution < 1.29 is 9.59 Å². The molecule has 0 aliphatic carbocycles. The summed E-state index contributed by atoms with van der Waals surface area (Å²) >= 11 is 0. The van der Waals surface area contributed by atoms with Gasteiger partial charge in [0.1, 0.15) is 6.29 Å². The molecule has 1 aromatic rings. The van der Waals surface area contributed by atoms with E-state index in [1.54, 1.807) is 24.3 Å². The molecule has 0 saturated heterocycles. The minimum absolute atomic E-state index is 0.0459. The molecule has 1 rings (SSSR count). The molecule has 0 spiro atoms. The summed E-state index contributed by atoms with van der Waals surface area (Å²) < 4.78 is 0. The Morgan fingerprint density at radius 1 is 1.43 bits per heavy atom. The minimum Gasteiger partial charge on any atom is -0.399 e. The highest BCUT2D eigenvalue weighted by Crippen LogP contribution is 2.08. The smallest absolute Gasteiger partial charge is 0.166 e. The third-order valence-electron chi connectivity index (χ3n) is 1.73. The fourth-order valence-corrected chi connectivity index (χ4v) is 1.06. The second-order valence-electron chi connectivity index (χ2n) is 2.82. The van der Waals surface area contributed by atoms with Gasteiger partial charge < -0.3 is 5.73 Å². The van der Waals surface area contributed by atoms with Crippen LogP contribution in [0.5, 0.6) is 0 Å². The maximum absolute atomic E-state index is 11.4. The Morgan fingerprint density at radius 2 is 2.21 bits per heavy atom. The maximum Gasteiger partial charge on any atom is 0.166 e. The standard InChI is InChI=1S/C11H11NO2/c12-10-5-3-4-9(8-10)11(14)6-1-2-7-13/h1-5,7-8H,6,12H2. The summed E-state index contributed by atoms with van der Waals surface area (Å²) in [4.78, 5) is 21.4. The van der Waals surface area contributed by atoms with E-state index in [0.717, 1.165) is 0 Å². The number of carbonyl (C=O) groups excluding carboxylic acids is 2. The number of hydrogen-bond donors (Lipinski definition) is 1. The Kier molecular flexibility index (Phi) is 3.61. The average molecular weight is 189 g/mol. The Morgan fingerprint density at radius 3 is 2.86 bits per heavy atom. The molecule has 0 radical (unpaired) electrons. The van der Waals surface area contributed by atoms with Crippen molar-refractivity contribution in [3.05, 3.63) is 42.0 Å². The van der Waals surface area contributed by atoms with Crippen LogP contribution in [0.2, 0.25) is 0 Å². The van der Waals surface area contributed by atoms with E-state index in [2.05, 4.69) is 0 Å². The van der Waals surface area contributed by atoms with Crippen molar-refractivity contribution in [1.29, 1.82) is 0 Å². The predicted octanol–water partition coefficient (Wildman–Crippen LogP) is 1.60. The van der Waals surface area contributed by atoms with E-state index in [4.69, 9.17) is 5.73 Å². The zero-order chi connectivity index (χ0) is 10.4. The molecule has 1 aromatic carbocycles. The van der Waals surface area contributed by atoms with Crippen molar-refractivity contribution in [2.45, 2.75) is 6.42 Å². The topological polar surface area (TPSA) is 60.2 Å². The van der Waals surface area contributed by atoms with Gasteiger partial charge in [-0.15, -0.1) is 0 Å². The van der Waals surface area contributed by atoms with Crippen molar-refractivity contribution in [3.8, 4) is 0 Å². The van der Waals surface area contributed by atoms with Gasteiger partial charge in [0.15, 0.2) is 5.78 Å². The van der Waals surface area contributed by atoms with E-state index < -0.39 is 0 Å². The molecule has 0 aliphatic rings. The summed E-state index contributed by atoms with van der Waals surface area (Å²) in [6.07, 6.45) is 3.71. The highest BCUT2D eigenvalue weighted by molar-refractivity contribution is 5.97. The number of nitrogen functional groups attached to an aromatic ring is 1. The Labute approximate surface area is 82.2 Å². The average Bonchev–Trinajstić information content (AvgIpc) is 2.18. The number of allylic oxidation sites excluding steroid dienone is 2. The van der Waals surface area contributed by atoms with Gasteiger partial charge in [-0.25, -0.2) is 0 Å². The van der Waals surface area contributed by atoms with Crippen LogP contribution in [0, 0.1) is 0 Å².